The molecule has 1 saturated carbocycles. The van der Waals surface area contributed by atoms with E-state index in [4.69, 9.17) is 4.74 Å². The monoisotopic (exact) mass is 272 g/mol. The van der Waals surface area contributed by atoms with Gasteiger partial charge >= 0.3 is 0 Å². The third-order valence-corrected chi connectivity index (χ3v) is 3.40. The van der Waals surface area contributed by atoms with Crippen molar-refractivity contribution in [3.8, 4) is 0 Å². The number of carbonyl (C=O) groups excluding carboxylic acids is 2. The van der Waals surface area contributed by atoms with E-state index in [-0.39, 0.29) is 36.9 Å². The second-order valence-corrected chi connectivity index (χ2v) is 5.50. The number of methoxy groups -OCH3 is 1. The fraction of sp³-hybridized carbons (Fsp3) is 0.846. The summed E-state index contributed by atoms with van der Waals surface area (Å²) in [5.41, 5.74) is -1.06. The second-order valence-electron chi connectivity index (χ2n) is 5.50. The molecule has 0 aromatic rings. The van der Waals surface area contributed by atoms with Crippen LogP contribution in [0.15, 0.2) is 0 Å². The summed E-state index contributed by atoms with van der Waals surface area (Å²) < 4.78 is 5.14. The Balaban J connectivity index is 2.17. The predicted octanol–water partition coefficient (Wildman–Crippen LogP) is -0.0527. The Morgan fingerprint density at radius 3 is 2.58 bits per heavy atom. The van der Waals surface area contributed by atoms with E-state index in [1.165, 1.54) is 6.92 Å². The van der Waals surface area contributed by atoms with Crippen LogP contribution in [0, 0.1) is 0 Å². The topological polar surface area (TPSA) is 87.7 Å². The molecule has 1 rings (SSSR count). The van der Waals surface area contributed by atoms with Crippen molar-refractivity contribution in [2.75, 3.05) is 13.7 Å². The van der Waals surface area contributed by atoms with Crippen molar-refractivity contribution in [2.45, 2.75) is 57.3 Å². The molecule has 110 valence electrons. The largest absolute Gasteiger partial charge is 0.388 e. The van der Waals surface area contributed by atoms with E-state index in [9.17, 15) is 14.7 Å². The Kier molecular flexibility index (Phi) is 5.75. The van der Waals surface area contributed by atoms with Crippen molar-refractivity contribution in [3.05, 3.63) is 0 Å². The highest BCUT2D eigenvalue weighted by molar-refractivity contribution is 5.76. The zero-order chi connectivity index (χ0) is 14.5. The van der Waals surface area contributed by atoms with Crippen LogP contribution in [0.25, 0.3) is 0 Å². The van der Waals surface area contributed by atoms with Crippen LogP contribution in [-0.2, 0) is 14.3 Å². The van der Waals surface area contributed by atoms with Crippen LogP contribution in [0.4, 0.5) is 0 Å². The summed E-state index contributed by atoms with van der Waals surface area (Å²) in [6.07, 6.45) is 2.53. The maximum Gasteiger partial charge on any atom is 0.220 e. The lowest BCUT2D eigenvalue weighted by atomic mass is 9.89. The first-order valence-corrected chi connectivity index (χ1v) is 6.61. The standard InChI is InChI=1S/C13H24N2O4/c1-9(16)14-8-13(2,18)5-4-12(17)15-10-6-11(7-10)19-3/h10-11,18H,4-8H2,1-3H3,(H,14,16)(H,15,17). The molecule has 0 heterocycles. The maximum absolute atomic E-state index is 11.7. The Bertz CT molecular complexity index is 325. The first kappa shape index (κ1) is 15.9. The van der Waals surface area contributed by atoms with E-state index in [0.29, 0.717) is 6.42 Å². The van der Waals surface area contributed by atoms with Crippen LogP contribution in [-0.4, -0.2) is 48.3 Å². The van der Waals surface area contributed by atoms with Crippen LogP contribution in [0.2, 0.25) is 0 Å². The first-order chi connectivity index (χ1) is 8.82. The van der Waals surface area contributed by atoms with Gasteiger partial charge in [0.15, 0.2) is 0 Å². The van der Waals surface area contributed by atoms with Crippen LogP contribution in [0.5, 0.6) is 0 Å². The molecule has 0 aromatic carbocycles. The Morgan fingerprint density at radius 2 is 2.05 bits per heavy atom. The van der Waals surface area contributed by atoms with Gasteiger partial charge in [0.25, 0.3) is 0 Å². The molecule has 3 N–H and O–H groups in total. The van der Waals surface area contributed by atoms with Crippen LogP contribution < -0.4 is 10.6 Å². The summed E-state index contributed by atoms with van der Waals surface area (Å²) in [5.74, 6) is -0.257. The lowest BCUT2D eigenvalue weighted by molar-refractivity contribution is -0.124. The van der Waals surface area contributed by atoms with Gasteiger partial charge in [0.1, 0.15) is 0 Å². The minimum Gasteiger partial charge on any atom is -0.388 e. The van der Waals surface area contributed by atoms with Gasteiger partial charge in [0.05, 0.1) is 11.7 Å². The summed E-state index contributed by atoms with van der Waals surface area (Å²) in [6.45, 7) is 3.16. The van der Waals surface area contributed by atoms with Crippen molar-refractivity contribution in [2.24, 2.45) is 0 Å². The summed E-state index contributed by atoms with van der Waals surface area (Å²) in [7, 11) is 1.67. The zero-order valence-electron chi connectivity index (χ0n) is 11.9. The van der Waals surface area contributed by atoms with E-state index in [2.05, 4.69) is 10.6 Å². The molecule has 0 bridgehead atoms. The lowest BCUT2D eigenvalue weighted by Gasteiger charge is -2.34. The van der Waals surface area contributed by atoms with Crippen molar-refractivity contribution in [3.63, 3.8) is 0 Å². The molecule has 1 fully saturated rings. The quantitative estimate of drug-likeness (QED) is 0.606. The number of nitrogens with one attached hydrogen (secondary N) is 2. The SMILES string of the molecule is COC1CC(NC(=O)CCC(C)(O)CNC(C)=O)C1. The fourth-order valence-electron chi connectivity index (χ4n) is 1.96. The summed E-state index contributed by atoms with van der Waals surface area (Å²) in [5, 5.41) is 15.4. The van der Waals surface area contributed by atoms with Crippen molar-refractivity contribution >= 4 is 11.8 Å². The molecule has 1 aliphatic carbocycles. The number of ether oxygens (including phenoxy) is 1. The highest BCUT2D eigenvalue weighted by Crippen LogP contribution is 2.22. The Labute approximate surface area is 113 Å². The van der Waals surface area contributed by atoms with Crippen molar-refractivity contribution < 1.29 is 19.4 Å². The number of aliphatic hydroxyl groups is 1. The van der Waals surface area contributed by atoms with Crippen LogP contribution >= 0.6 is 0 Å². The molecule has 0 saturated heterocycles. The third-order valence-electron chi connectivity index (χ3n) is 3.40. The lowest BCUT2D eigenvalue weighted by Crippen LogP contribution is -2.48. The molecule has 2 amide bonds. The molecule has 0 aromatic heterocycles. The van der Waals surface area contributed by atoms with E-state index in [0.717, 1.165) is 12.8 Å². The van der Waals surface area contributed by atoms with E-state index < -0.39 is 5.60 Å². The van der Waals surface area contributed by atoms with Gasteiger partial charge in [-0.25, -0.2) is 0 Å². The highest BCUT2D eigenvalue weighted by Gasteiger charge is 2.30. The number of carbonyl (C=O) groups is 2. The smallest absolute Gasteiger partial charge is 0.220 e. The molecule has 1 atom stereocenters. The van der Waals surface area contributed by atoms with E-state index >= 15 is 0 Å². The molecule has 0 radical (unpaired) electrons. The molecule has 19 heavy (non-hydrogen) atoms. The number of hydrogen-bond acceptors (Lipinski definition) is 4. The van der Waals surface area contributed by atoms with Crippen molar-refractivity contribution in [1.82, 2.24) is 10.6 Å². The molecular formula is C13H24N2O4. The molecule has 1 unspecified atom stereocenters. The van der Waals surface area contributed by atoms with Gasteiger partial charge < -0.3 is 20.5 Å². The average Bonchev–Trinajstić information content (AvgIpc) is 2.28. The Morgan fingerprint density at radius 1 is 1.42 bits per heavy atom. The van der Waals surface area contributed by atoms with Gasteiger partial charge in [-0.1, -0.05) is 0 Å². The van der Waals surface area contributed by atoms with Crippen LogP contribution in [0.3, 0.4) is 0 Å². The van der Waals surface area contributed by atoms with Gasteiger partial charge in [0.2, 0.25) is 11.8 Å². The van der Waals surface area contributed by atoms with Gasteiger partial charge in [-0.2, -0.15) is 0 Å². The molecule has 6 heteroatoms. The van der Waals surface area contributed by atoms with Gasteiger partial charge in [0, 0.05) is 33.0 Å². The normalized spacial score (nSPS) is 25.1. The third kappa shape index (κ3) is 6.02. The van der Waals surface area contributed by atoms with Crippen LogP contribution in [0.1, 0.15) is 39.5 Å². The highest BCUT2D eigenvalue weighted by atomic mass is 16.5. The summed E-state index contributed by atoms with van der Waals surface area (Å²) >= 11 is 0. The number of rotatable bonds is 7. The minimum absolute atomic E-state index is 0.0670. The summed E-state index contributed by atoms with van der Waals surface area (Å²) in [4.78, 5) is 22.4. The molecule has 0 spiro atoms. The zero-order valence-corrected chi connectivity index (χ0v) is 11.9. The molecule has 6 nitrogen and oxygen atoms in total. The fourth-order valence-corrected chi connectivity index (χ4v) is 1.96. The van der Waals surface area contributed by atoms with Gasteiger partial charge in [-0.3, -0.25) is 9.59 Å². The van der Waals surface area contributed by atoms with Gasteiger partial charge in [-0.05, 0) is 26.2 Å². The molecular weight excluding hydrogens is 248 g/mol. The average molecular weight is 272 g/mol. The van der Waals surface area contributed by atoms with Gasteiger partial charge in [-0.15, -0.1) is 0 Å². The summed E-state index contributed by atoms with van der Waals surface area (Å²) in [6, 6.07) is 0.192. The predicted molar refractivity (Wildman–Crippen MR) is 70.5 cm³/mol. The number of amides is 2. The first-order valence-electron chi connectivity index (χ1n) is 6.61. The maximum atomic E-state index is 11.7. The molecule has 0 aliphatic heterocycles. The number of hydrogen-bond donors (Lipinski definition) is 3. The second kappa shape index (κ2) is 6.86. The van der Waals surface area contributed by atoms with Crippen molar-refractivity contribution in [1.29, 1.82) is 0 Å². The van der Waals surface area contributed by atoms with E-state index in [1.807, 2.05) is 0 Å². The molecule has 1 aliphatic rings. The Hall–Kier alpha value is -1.14. The minimum atomic E-state index is -1.06. The van der Waals surface area contributed by atoms with E-state index in [1.54, 1.807) is 14.0 Å².